The van der Waals surface area contributed by atoms with E-state index >= 15 is 0 Å². The molecule has 0 aliphatic carbocycles. The minimum absolute atomic E-state index is 0.0291. The number of primary sulfonamides is 1. The number of sulfonamides is 1. The Kier molecular flexibility index (Phi) is 5.02. The van der Waals surface area contributed by atoms with Gasteiger partial charge in [0.15, 0.2) is 5.82 Å². The number of nitrogens with two attached hydrogens (primary N) is 1. The first kappa shape index (κ1) is 19.4. The molecule has 0 atom stereocenters. The molecule has 1 aromatic carbocycles. The molecule has 0 unspecified atom stereocenters. The van der Waals surface area contributed by atoms with Gasteiger partial charge in [-0.3, -0.25) is 4.57 Å². The fourth-order valence-corrected chi connectivity index (χ4v) is 3.47. The second kappa shape index (κ2) is 6.98. The van der Waals surface area contributed by atoms with Gasteiger partial charge in [0.25, 0.3) is 0 Å². The molecule has 0 saturated carbocycles. The van der Waals surface area contributed by atoms with Crippen LogP contribution in [0, 0.1) is 5.82 Å². The van der Waals surface area contributed by atoms with Crippen LogP contribution in [-0.4, -0.2) is 36.5 Å². The van der Waals surface area contributed by atoms with Crippen molar-refractivity contribution in [2.45, 2.75) is 17.7 Å². The minimum Gasteiger partial charge on any atom is -0.481 e. The fraction of sp³-hybridized carbons (Fsp3) is 0.200. The number of alkyl halides is 2. The van der Waals surface area contributed by atoms with Crippen LogP contribution in [-0.2, 0) is 16.4 Å². The summed E-state index contributed by atoms with van der Waals surface area (Å²) in [4.78, 5) is 7.53. The molecule has 27 heavy (non-hydrogen) atoms. The van der Waals surface area contributed by atoms with Gasteiger partial charge in [0.2, 0.25) is 28.3 Å². The van der Waals surface area contributed by atoms with E-state index in [1.165, 1.54) is 19.2 Å². The predicted octanol–water partition coefficient (Wildman–Crippen LogP) is 2.68. The summed E-state index contributed by atoms with van der Waals surface area (Å²) in [5.74, 6) is -1.27. The predicted molar refractivity (Wildman–Crippen MR) is 91.5 cm³/mol. The highest BCUT2D eigenvalue weighted by Gasteiger charge is 2.24. The largest absolute Gasteiger partial charge is 0.481 e. The lowest BCUT2D eigenvalue weighted by molar-refractivity contribution is 0.147. The molecule has 0 aliphatic rings. The van der Waals surface area contributed by atoms with Crippen LogP contribution in [0.2, 0.25) is 5.02 Å². The van der Waals surface area contributed by atoms with E-state index in [0.29, 0.717) is 0 Å². The zero-order valence-electron chi connectivity index (χ0n) is 13.7. The van der Waals surface area contributed by atoms with E-state index in [1.54, 1.807) is 0 Å². The number of methoxy groups -OCH3 is 1. The van der Waals surface area contributed by atoms with Gasteiger partial charge >= 0.3 is 0 Å². The molecular weight excluding hydrogens is 409 g/mol. The third kappa shape index (κ3) is 3.57. The molecule has 2 aromatic heterocycles. The third-order valence-electron chi connectivity index (χ3n) is 3.72. The maximum atomic E-state index is 14.6. The average Bonchev–Trinajstić information content (AvgIpc) is 2.98. The van der Waals surface area contributed by atoms with Crippen LogP contribution in [0.25, 0.3) is 16.9 Å². The third-order valence-corrected chi connectivity index (χ3v) is 4.95. The van der Waals surface area contributed by atoms with Crippen LogP contribution in [0.5, 0.6) is 5.88 Å². The standard InChI is InChI=1S/C15H12ClF3N4O3S/c1-26-14-7(4-11(17)18)5-21-15(22-14)23-6-10(27(20,24)25)8-2-3-9(16)12(19)13(8)23/h2-3,5-6,11H,4H2,1H3,(H2,20,24,25). The van der Waals surface area contributed by atoms with Crippen molar-refractivity contribution in [2.75, 3.05) is 7.11 Å². The molecule has 0 aliphatic heterocycles. The lowest BCUT2D eigenvalue weighted by Crippen LogP contribution is -2.11. The molecule has 0 spiro atoms. The molecular formula is C15H12ClF3N4O3S. The SMILES string of the molecule is COc1nc(-n2cc(S(N)(=O)=O)c3ccc(Cl)c(F)c32)ncc1CC(F)F. The van der Waals surface area contributed by atoms with E-state index in [9.17, 15) is 21.6 Å². The molecule has 0 radical (unpaired) electrons. The Morgan fingerprint density at radius 3 is 2.67 bits per heavy atom. The van der Waals surface area contributed by atoms with Gasteiger partial charge in [0, 0.05) is 29.8 Å². The summed E-state index contributed by atoms with van der Waals surface area (Å²) in [6.45, 7) is 0. The number of halogens is 4. The van der Waals surface area contributed by atoms with Crippen LogP contribution in [0.3, 0.4) is 0 Å². The normalized spacial score (nSPS) is 12.1. The van der Waals surface area contributed by atoms with Gasteiger partial charge in [-0.25, -0.2) is 31.7 Å². The summed E-state index contributed by atoms with van der Waals surface area (Å²) in [5, 5.41) is 4.90. The van der Waals surface area contributed by atoms with E-state index in [0.717, 1.165) is 17.0 Å². The maximum Gasteiger partial charge on any atom is 0.242 e. The van der Waals surface area contributed by atoms with Crippen LogP contribution in [0.4, 0.5) is 13.2 Å². The Labute approximate surface area is 156 Å². The average molecular weight is 421 g/mol. The summed E-state index contributed by atoms with van der Waals surface area (Å²) >= 11 is 5.79. The summed E-state index contributed by atoms with van der Waals surface area (Å²) in [7, 11) is -2.98. The molecule has 3 aromatic rings. The smallest absolute Gasteiger partial charge is 0.242 e. The fourth-order valence-electron chi connectivity index (χ4n) is 2.59. The molecule has 0 amide bonds. The van der Waals surface area contributed by atoms with Crippen LogP contribution in [0.15, 0.2) is 29.4 Å². The van der Waals surface area contributed by atoms with Gasteiger partial charge in [-0.2, -0.15) is 4.98 Å². The molecule has 2 N–H and O–H groups in total. The molecule has 3 rings (SSSR count). The van der Waals surface area contributed by atoms with Gasteiger partial charge in [0.1, 0.15) is 4.90 Å². The number of rotatable bonds is 5. The summed E-state index contributed by atoms with van der Waals surface area (Å²) in [5.41, 5.74) is -0.187. The minimum atomic E-state index is -4.20. The zero-order chi connectivity index (χ0) is 19.9. The quantitative estimate of drug-likeness (QED) is 0.684. The molecule has 2 heterocycles. The molecule has 0 fully saturated rings. The zero-order valence-corrected chi connectivity index (χ0v) is 15.2. The number of fused-ring (bicyclic) bond motifs is 1. The Morgan fingerprint density at radius 2 is 2.07 bits per heavy atom. The van der Waals surface area contributed by atoms with Crippen molar-refractivity contribution in [3.63, 3.8) is 0 Å². The van der Waals surface area contributed by atoms with Crippen LogP contribution >= 0.6 is 11.6 Å². The number of hydrogen-bond acceptors (Lipinski definition) is 5. The second-order valence-corrected chi connectivity index (χ2v) is 7.40. The van der Waals surface area contributed by atoms with Gasteiger partial charge in [-0.1, -0.05) is 11.6 Å². The number of hydrogen-bond donors (Lipinski definition) is 1. The van der Waals surface area contributed by atoms with Crippen molar-refractivity contribution >= 4 is 32.5 Å². The van der Waals surface area contributed by atoms with E-state index in [-0.39, 0.29) is 38.2 Å². The number of benzene rings is 1. The summed E-state index contributed by atoms with van der Waals surface area (Å²) in [6.07, 6.45) is -1.16. The topological polar surface area (TPSA) is 100 Å². The summed E-state index contributed by atoms with van der Waals surface area (Å²) < 4.78 is 69.6. The van der Waals surface area contributed by atoms with Crippen molar-refractivity contribution in [1.82, 2.24) is 14.5 Å². The van der Waals surface area contributed by atoms with Crippen molar-refractivity contribution in [1.29, 1.82) is 0 Å². The monoisotopic (exact) mass is 420 g/mol. The lowest BCUT2D eigenvalue weighted by Gasteiger charge is -2.10. The van der Waals surface area contributed by atoms with Crippen molar-refractivity contribution in [2.24, 2.45) is 5.14 Å². The van der Waals surface area contributed by atoms with Crippen molar-refractivity contribution in [3.05, 3.63) is 40.9 Å². The maximum absolute atomic E-state index is 14.6. The van der Waals surface area contributed by atoms with E-state index in [1.807, 2.05) is 0 Å². The van der Waals surface area contributed by atoms with E-state index in [4.69, 9.17) is 21.5 Å². The molecule has 0 saturated heterocycles. The lowest BCUT2D eigenvalue weighted by atomic mass is 10.2. The van der Waals surface area contributed by atoms with Crippen molar-refractivity contribution in [3.8, 4) is 11.8 Å². The number of aromatic nitrogens is 3. The van der Waals surface area contributed by atoms with E-state index in [2.05, 4.69) is 9.97 Å². The summed E-state index contributed by atoms with van der Waals surface area (Å²) in [6, 6.07) is 2.48. The molecule has 0 bridgehead atoms. The highest BCUT2D eigenvalue weighted by atomic mass is 35.5. The Morgan fingerprint density at radius 1 is 1.37 bits per heavy atom. The molecule has 144 valence electrons. The highest BCUT2D eigenvalue weighted by molar-refractivity contribution is 7.89. The first-order chi connectivity index (χ1) is 12.6. The Hall–Kier alpha value is -2.37. The molecule has 12 heteroatoms. The Balaban J connectivity index is 2.30. The highest BCUT2D eigenvalue weighted by Crippen LogP contribution is 2.32. The Bertz CT molecular complexity index is 1140. The van der Waals surface area contributed by atoms with Gasteiger partial charge in [-0.05, 0) is 12.1 Å². The van der Waals surface area contributed by atoms with E-state index < -0.39 is 28.7 Å². The first-order valence-electron chi connectivity index (χ1n) is 7.33. The molecule has 7 nitrogen and oxygen atoms in total. The number of ether oxygens (including phenoxy) is 1. The van der Waals surface area contributed by atoms with Crippen LogP contribution in [0.1, 0.15) is 5.56 Å². The second-order valence-electron chi connectivity index (χ2n) is 5.47. The van der Waals surface area contributed by atoms with Gasteiger partial charge in [-0.15, -0.1) is 0 Å². The van der Waals surface area contributed by atoms with Crippen LogP contribution < -0.4 is 9.88 Å². The van der Waals surface area contributed by atoms with Crippen molar-refractivity contribution < 1.29 is 26.3 Å². The first-order valence-corrected chi connectivity index (χ1v) is 9.26. The van der Waals surface area contributed by atoms with Gasteiger partial charge in [0.05, 0.1) is 17.6 Å². The van der Waals surface area contributed by atoms with Gasteiger partial charge < -0.3 is 4.74 Å². The number of nitrogens with zero attached hydrogens (tertiary/aromatic N) is 3.